The first-order valence-corrected chi connectivity index (χ1v) is 10.8. The van der Waals surface area contributed by atoms with E-state index in [2.05, 4.69) is 29.5 Å². The molecule has 33 heavy (non-hydrogen) atoms. The zero-order valence-corrected chi connectivity index (χ0v) is 20.3. The first-order valence-electron chi connectivity index (χ1n) is 10.8. The number of carbonyl (C=O) groups is 2. The summed E-state index contributed by atoms with van der Waals surface area (Å²) >= 11 is 0. The van der Waals surface area contributed by atoms with Crippen molar-refractivity contribution in [1.29, 1.82) is 0 Å². The Balaban J connectivity index is 2.53. The lowest BCUT2D eigenvalue weighted by Gasteiger charge is -2.21. The SMILES string of the molecule is COc1c(C)c(-c2ccc(NC(C)C)nc2)c(OC)c(C)c1C=C(C)C(=O)NCCC(=O)O. The van der Waals surface area contributed by atoms with Gasteiger partial charge in [0.05, 0.1) is 20.6 Å². The third-order valence-corrected chi connectivity index (χ3v) is 5.17. The second-order valence-electron chi connectivity index (χ2n) is 8.06. The highest BCUT2D eigenvalue weighted by atomic mass is 16.5. The number of methoxy groups -OCH3 is 2. The van der Waals surface area contributed by atoms with E-state index >= 15 is 0 Å². The van der Waals surface area contributed by atoms with Gasteiger partial charge in [0.15, 0.2) is 0 Å². The molecule has 1 heterocycles. The van der Waals surface area contributed by atoms with Crippen LogP contribution >= 0.6 is 0 Å². The highest BCUT2D eigenvalue weighted by Crippen LogP contribution is 2.44. The minimum absolute atomic E-state index is 0.0609. The molecule has 2 aromatic rings. The van der Waals surface area contributed by atoms with Crippen molar-refractivity contribution >= 4 is 23.8 Å². The number of amides is 1. The molecule has 8 nitrogen and oxygen atoms in total. The summed E-state index contributed by atoms with van der Waals surface area (Å²) < 4.78 is 11.5. The van der Waals surface area contributed by atoms with Crippen LogP contribution < -0.4 is 20.1 Å². The zero-order chi connectivity index (χ0) is 24.7. The fourth-order valence-corrected chi connectivity index (χ4v) is 3.63. The summed E-state index contributed by atoms with van der Waals surface area (Å²) in [7, 11) is 3.20. The summed E-state index contributed by atoms with van der Waals surface area (Å²) in [6.45, 7) is 9.69. The van der Waals surface area contributed by atoms with Gasteiger partial charge < -0.3 is 25.2 Å². The minimum Gasteiger partial charge on any atom is -0.496 e. The molecule has 0 aliphatic rings. The van der Waals surface area contributed by atoms with Crippen LogP contribution in [-0.2, 0) is 9.59 Å². The standard InChI is InChI=1S/C25H33N3O5/c1-14(2)28-20-9-8-18(13-27-20)22-17(5)23(32-6)19(16(4)24(22)33-7)12-15(3)25(31)26-11-10-21(29)30/h8-9,12-14H,10-11H2,1-7H3,(H,26,31)(H,27,28)(H,29,30). The summed E-state index contributed by atoms with van der Waals surface area (Å²) in [5, 5.41) is 14.7. The first-order chi connectivity index (χ1) is 15.6. The molecule has 0 aliphatic heterocycles. The molecule has 0 unspecified atom stereocenters. The van der Waals surface area contributed by atoms with Crippen LogP contribution in [0.1, 0.15) is 43.9 Å². The quantitative estimate of drug-likeness (QED) is 0.461. The van der Waals surface area contributed by atoms with Crippen molar-refractivity contribution in [2.45, 2.75) is 47.1 Å². The van der Waals surface area contributed by atoms with Crippen LogP contribution in [0, 0.1) is 13.8 Å². The summed E-state index contributed by atoms with van der Waals surface area (Å²) in [6.07, 6.45) is 3.39. The monoisotopic (exact) mass is 455 g/mol. The average molecular weight is 456 g/mol. The number of hydrogen-bond acceptors (Lipinski definition) is 6. The average Bonchev–Trinajstić information content (AvgIpc) is 2.75. The van der Waals surface area contributed by atoms with Gasteiger partial charge in [-0.25, -0.2) is 4.98 Å². The Labute approximate surface area is 195 Å². The lowest BCUT2D eigenvalue weighted by molar-refractivity contribution is -0.136. The Hall–Kier alpha value is -3.55. The van der Waals surface area contributed by atoms with E-state index < -0.39 is 5.97 Å². The van der Waals surface area contributed by atoms with Crippen LogP contribution in [-0.4, -0.2) is 48.8 Å². The van der Waals surface area contributed by atoms with Crippen LogP contribution in [0.4, 0.5) is 5.82 Å². The van der Waals surface area contributed by atoms with E-state index in [1.54, 1.807) is 33.4 Å². The maximum Gasteiger partial charge on any atom is 0.305 e. The fourth-order valence-electron chi connectivity index (χ4n) is 3.63. The second kappa shape index (κ2) is 11.4. The molecule has 0 saturated carbocycles. The van der Waals surface area contributed by atoms with E-state index in [4.69, 9.17) is 14.6 Å². The number of nitrogens with zero attached hydrogens (tertiary/aromatic N) is 1. The largest absolute Gasteiger partial charge is 0.496 e. The molecule has 0 bridgehead atoms. The van der Waals surface area contributed by atoms with Gasteiger partial charge in [0.2, 0.25) is 5.91 Å². The lowest BCUT2D eigenvalue weighted by atomic mass is 9.91. The van der Waals surface area contributed by atoms with Crippen LogP contribution in [0.5, 0.6) is 11.5 Å². The molecule has 0 spiro atoms. The van der Waals surface area contributed by atoms with Crippen molar-refractivity contribution in [2.24, 2.45) is 0 Å². The molecule has 0 fully saturated rings. The van der Waals surface area contributed by atoms with Crippen molar-refractivity contribution in [3.8, 4) is 22.6 Å². The molecule has 0 atom stereocenters. The third-order valence-electron chi connectivity index (χ3n) is 5.17. The van der Waals surface area contributed by atoms with Gasteiger partial charge in [-0.1, -0.05) is 0 Å². The predicted octanol–water partition coefficient (Wildman–Crippen LogP) is 4.20. The third kappa shape index (κ3) is 6.25. The van der Waals surface area contributed by atoms with E-state index in [9.17, 15) is 9.59 Å². The summed E-state index contributed by atoms with van der Waals surface area (Å²) in [6, 6.07) is 4.19. The molecule has 1 amide bonds. The molecule has 178 valence electrons. The summed E-state index contributed by atoms with van der Waals surface area (Å²) in [5.74, 6) is 0.789. The minimum atomic E-state index is -0.965. The van der Waals surface area contributed by atoms with Crippen molar-refractivity contribution in [3.05, 3.63) is 40.6 Å². The van der Waals surface area contributed by atoms with Gasteiger partial charge in [0.1, 0.15) is 17.3 Å². The number of carboxylic acid groups (broad SMARTS) is 1. The molecular formula is C25H33N3O5. The van der Waals surface area contributed by atoms with Crippen molar-refractivity contribution in [1.82, 2.24) is 10.3 Å². The van der Waals surface area contributed by atoms with Crippen LogP contribution in [0.2, 0.25) is 0 Å². The number of benzene rings is 1. The topological polar surface area (TPSA) is 110 Å². The maximum absolute atomic E-state index is 12.4. The van der Waals surface area contributed by atoms with Crippen molar-refractivity contribution in [2.75, 3.05) is 26.1 Å². The molecule has 3 N–H and O–H groups in total. The van der Waals surface area contributed by atoms with Gasteiger partial charge in [0, 0.05) is 52.2 Å². The van der Waals surface area contributed by atoms with Gasteiger partial charge in [-0.3, -0.25) is 9.59 Å². The molecule has 0 aliphatic carbocycles. The Kier molecular flexibility index (Phi) is 8.85. The van der Waals surface area contributed by atoms with Crippen molar-refractivity contribution < 1.29 is 24.2 Å². The van der Waals surface area contributed by atoms with Gasteiger partial charge in [-0.05, 0) is 52.8 Å². The summed E-state index contributed by atoms with van der Waals surface area (Å²) in [4.78, 5) is 27.6. The number of hydrogen-bond donors (Lipinski definition) is 3. The number of rotatable bonds is 10. The van der Waals surface area contributed by atoms with E-state index in [0.29, 0.717) is 17.1 Å². The highest BCUT2D eigenvalue weighted by Gasteiger charge is 2.22. The molecule has 0 radical (unpaired) electrons. The highest BCUT2D eigenvalue weighted by molar-refractivity contribution is 5.98. The number of carboxylic acids is 1. The number of aliphatic carboxylic acids is 1. The lowest BCUT2D eigenvalue weighted by Crippen LogP contribution is -2.26. The number of anilines is 1. The van der Waals surface area contributed by atoms with Gasteiger partial charge >= 0.3 is 5.97 Å². The smallest absolute Gasteiger partial charge is 0.305 e. The Morgan fingerprint density at radius 1 is 1.12 bits per heavy atom. The molecule has 8 heteroatoms. The molecule has 1 aromatic carbocycles. The van der Waals surface area contributed by atoms with Gasteiger partial charge in [-0.2, -0.15) is 0 Å². The van der Waals surface area contributed by atoms with E-state index in [1.165, 1.54) is 0 Å². The molecule has 2 rings (SSSR count). The van der Waals surface area contributed by atoms with Crippen LogP contribution in [0.3, 0.4) is 0 Å². The number of nitrogens with one attached hydrogen (secondary N) is 2. The molecule has 1 aromatic heterocycles. The maximum atomic E-state index is 12.4. The number of ether oxygens (including phenoxy) is 2. The van der Waals surface area contributed by atoms with E-state index in [1.807, 2.05) is 26.0 Å². The number of aromatic nitrogens is 1. The second-order valence-corrected chi connectivity index (χ2v) is 8.06. The summed E-state index contributed by atoms with van der Waals surface area (Å²) in [5.41, 5.74) is 4.60. The Morgan fingerprint density at radius 3 is 2.30 bits per heavy atom. The first kappa shape index (κ1) is 25.7. The van der Waals surface area contributed by atoms with Gasteiger partial charge in [-0.15, -0.1) is 0 Å². The molecule has 0 saturated heterocycles. The zero-order valence-electron chi connectivity index (χ0n) is 20.3. The van der Waals surface area contributed by atoms with Crippen molar-refractivity contribution in [3.63, 3.8) is 0 Å². The normalized spacial score (nSPS) is 11.3. The number of pyridine rings is 1. The Bertz CT molecular complexity index is 1040. The van der Waals surface area contributed by atoms with Gasteiger partial charge in [0.25, 0.3) is 0 Å². The van der Waals surface area contributed by atoms with Crippen LogP contribution in [0.25, 0.3) is 17.2 Å². The molecular weight excluding hydrogens is 422 g/mol. The van der Waals surface area contributed by atoms with E-state index in [0.717, 1.165) is 33.6 Å². The predicted molar refractivity (Wildman–Crippen MR) is 130 cm³/mol. The van der Waals surface area contributed by atoms with Crippen LogP contribution in [0.15, 0.2) is 23.9 Å². The fraction of sp³-hybridized carbons (Fsp3) is 0.400. The number of carbonyl (C=O) groups excluding carboxylic acids is 1. The van der Waals surface area contributed by atoms with E-state index in [-0.39, 0.29) is 24.9 Å². The Morgan fingerprint density at radius 2 is 1.79 bits per heavy atom.